The molecule has 2 saturated carbocycles. The Morgan fingerprint density at radius 3 is 2.67 bits per heavy atom. The third-order valence-corrected chi connectivity index (χ3v) is 3.21. The second-order valence-electron chi connectivity index (χ2n) is 4.77. The molecular formula is C12H17N3. The summed E-state index contributed by atoms with van der Waals surface area (Å²) in [7, 11) is 1.93. The second-order valence-corrected chi connectivity index (χ2v) is 4.77. The molecule has 0 amide bonds. The molecule has 0 saturated heterocycles. The van der Waals surface area contributed by atoms with Gasteiger partial charge in [-0.3, -0.25) is 0 Å². The van der Waals surface area contributed by atoms with Crippen molar-refractivity contribution in [1.29, 1.82) is 0 Å². The van der Waals surface area contributed by atoms with Gasteiger partial charge in [-0.25, -0.2) is 9.97 Å². The van der Waals surface area contributed by atoms with Crippen LogP contribution in [-0.2, 0) is 6.42 Å². The fourth-order valence-corrected chi connectivity index (χ4v) is 1.91. The number of anilines is 1. The first kappa shape index (κ1) is 9.13. The fourth-order valence-electron chi connectivity index (χ4n) is 1.91. The molecule has 1 heterocycles. The van der Waals surface area contributed by atoms with Crippen LogP contribution in [0, 0.1) is 5.92 Å². The molecule has 3 nitrogen and oxygen atoms in total. The number of rotatable bonds is 4. The van der Waals surface area contributed by atoms with E-state index in [1.165, 1.54) is 31.4 Å². The zero-order chi connectivity index (χ0) is 10.3. The summed E-state index contributed by atoms with van der Waals surface area (Å²) in [6.45, 7) is 0. The van der Waals surface area contributed by atoms with E-state index in [0.717, 1.165) is 29.9 Å². The van der Waals surface area contributed by atoms with Crippen molar-refractivity contribution in [3.8, 4) is 0 Å². The van der Waals surface area contributed by atoms with Crippen molar-refractivity contribution in [2.45, 2.75) is 38.0 Å². The maximum Gasteiger partial charge on any atom is 0.131 e. The van der Waals surface area contributed by atoms with E-state index in [-0.39, 0.29) is 0 Å². The molecule has 3 heteroatoms. The molecule has 3 rings (SSSR count). The number of nitrogens with one attached hydrogen (secondary N) is 1. The Bertz CT molecular complexity index is 367. The van der Waals surface area contributed by atoms with E-state index in [1.807, 2.05) is 7.05 Å². The summed E-state index contributed by atoms with van der Waals surface area (Å²) in [5, 5.41) is 3.13. The quantitative estimate of drug-likeness (QED) is 0.816. The Balaban J connectivity index is 1.86. The Morgan fingerprint density at radius 1 is 1.27 bits per heavy atom. The van der Waals surface area contributed by atoms with Crippen LogP contribution in [0.25, 0.3) is 0 Å². The highest BCUT2D eigenvalue weighted by Gasteiger charge is 2.27. The minimum absolute atomic E-state index is 0.720. The molecule has 0 spiro atoms. The molecule has 15 heavy (non-hydrogen) atoms. The minimum atomic E-state index is 0.720. The molecule has 2 fully saturated rings. The normalized spacial score (nSPS) is 20.3. The Morgan fingerprint density at radius 2 is 2.07 bits per heavy atom. The summed E-state index contributed by atoms with van der Waals surface area (Å²) < 4.78 is 0. The third-order valence-electron chi connectivity index (χ3n) is 3.21. The van der Waals surface area contributed by atoms with Crippen molar-refractivity contribution in [2.24, 2.45) is 5.92 Å². The number of aromatic nitrogens is 2. The Kier molecular flexibility index (Phi) is 2.11. The van der Waals surface area contributed by atoms with Crippen LogP contribution < -0.4 is 5.32 Å². The molecule has 1 aromatic heterocycles. The van der Waals surface area contributed by atoms with Crippen LogP contribution in [0.5, 0.6) is 0 Å². The number of hydrogen-bond donors (Lipinski definition) is 1. The zero-order valence-electron chi connectivity index (χ0n) is 9.16. The smallest absolute Gasteiger partial charge is 0.131 e. The SMILES string of the molecule is CNc1cc(C2CC2)nc(CC2CC2)n1. The Hall–Kier alpha value is -1.12. The van der Waals surface area contributed by atoms with E-state index in [2.05, 4.69) is 21.4 Å². The zero-order valence-corrected chi connectivity index (χ0v) is 9.16. The Labute approximate surface area is 90.3 Å². The van der Waals surface area contributed by atoms with Gasteiger partial charge in [-0.1, -0.05) is 0 Å². The summed E-state index contributed by atoms with van der Waals surface area (Å²) in [4.78, 5) is 9.19. The van der Waals surface area contributed by atoms with Crippen molar-refractivity contribution in [3.63, 3.8) is 0 Å². The first-order chi connectivity index (χ1) is 7.35. The van der Waals surface area contributed by atoms with Gasteiger partial charge in [0.05, 0.1) is 0 Å². The molecule has 0 aromatic carbocycles. The van der Waals surface area contributed by atoms with E-state index in [9.17, 15) is 0 Å². The van der Waals surface area contributed by atoms with Gasteiger partial charge in [-0.15, -0.1) is 0 Å². The first-order valence-electron chi connectivity index (χ1n) is 5.91. The lowest BCUT2D eigenvalue weighted by atomic mass is 10.2. The molecule has 2 aliphatic rings. The fraction of sp³-hybridized carbons (Fsp3) is 0.667. The monoisotopic (exact) mass is 203 g/mol. The van der Waals surface area contributed by atoms with Crippen LogP contribution in [0.2, 0.25) is 0 Å². The summed E-state index contributed by atoms with van der Waals surface area (Å²) >= 11 is 0. The van der Waals surface area contributed by atoms with Gasteiger partial charge in [0.2, 0.25) is 0 Å². The molecule has 2 aliphatic carbocycles. The van der Waals surface area contributed by atoms with Gasteiger partial charge in [0, 0.05) is 31.1 Å². The van der Waals surface area contributed by atoms with Crippen molar-refractivity contribution < 1.29 is 0 Å². The molecule has 0 bridgehead atoms. The van der Waals surface area contributed by atoms with Crippen LogP contribution in [0.4, 0.5) is 5.82 Å². The van der Waals surface area contributed by atoms with Crippen molar-refractivity contribution in [2.75, 3.05) is 12.4 Å². The van der Waals surface area contributed by atoms with Crippen LogP contribution >= 0.6 is 0 Å². The van der Waals surface area contributed by atoms with Crippen molar-refractivity contribution >= 4 is 5.82 Å². The standard InChI is InChI=1S/C12H17N3/c1-13-11-7-10(9-4-5-9)14-12(15-11)6-8-2-3-8/h7-9H,2-6H2,1H3,(H,13,14,15). The van der Waals surface area contributed by atoms with Gasteiger partial charge < -0.3 is 5.32 Å². The number of nitrogens with zero attached hydrogens (tertiary/aromatic N) is 2. The van der Waals surface area contributed by atoms with Gasteiger partial charge in [0.25, 0.3) is 0 Å². The van der Waals surface area contributed by atoms with Gasteiger partial charge in [0.15, 0.2) is 0 Å². The minimum Gasteiger partial charge on any atom is -0.373 e. The molecule has 0 unspecified atom stereocenters. The first-order valence-corrected chi connectivity index (χ1v) is 5.91. The van der Waals surface area contributed by atoms with E-state index in [1.54, 1.807) is 0 Å². The molecule has 1 N–H and O–H groups in total. The summed E-state index contributed by atoms with van der Waals surface area (Å²) in [6.07, 6.45) is 6.43. The maximum absolute atomic E-state index is 4.67. The van der Waals surface area contributed by atoms with Crippen molar-refractivity contribution in [1.82, 2.24) is 9.97 Å². The topological polar surface area (TPSA) is 37.8 Å². The van der Waals surface area contributed by atoms with E-state index >= 15 is 0 Å². The van der Waals surface area contributed by atoms with E-state index < -0.39 is 0 Å². The molecular weight excluding hydrogens is 186 g/mol. The highest BCUT2D eigenvalue weighted by atomic mass is 15.0. The van der Waals surface area contributed by atoms with Crippen LogP contribution in [-0.4, -0.2) is 17.0 Å². The summed E-state index contributed by atoms with van der Waals surface area (Å²) in [6, 6.07) is 2.11. The maximum atomic E-state index is 4.67. The predicted octanol–water partition coefficient (Wildman–Crippen LogP) is 2.35. The lowest BCUT2D eigenvalue weighted by molar-refractivity contribution is 0.758. The highest BCUT2D eigenvalue weighted by Crippen LogP contribution is 2.40. The molecule has 0 atom stereocenters. The summed E-state index contributed by atoms with van der Waals surface area (Å²) in [5.74, 6) is 3.62. The van der Waals surface area contributed by atoms with Crippen molar-refractivity contribution in [3.05, 3.63) is 17.6 Å². The second kappa shape index (κ2) is 3.47. The molecule has 0 radical (unpaired) electrons. The van der Waals surface area contributed by atoms with Gasteiger partial charge >= 0.3 is 0 Å². The molecule has 1 aromatic rings. The molecule has 0 aliphatic heterocycles. The van der Waals surface area contributed by atoms with Gasteiger partial charge in [-0.05, 0) is 31.6 Å². The largest absolute Gasteiger partial charge is 0.373 e. The lowest BCUT2D eigenvalue weighted by Gasteiger charge is -2.06. The van der Waals surface area contributed by atoms with Crippen LogP contribution in [0.15, 0.2) is 6.07 Å². The average molecular weight is 203 g/mol. The number of hydrogen-bond acceptors (Lipinski definition) is 3. The summed E-state index contributed by atoms with van der Waals surface area (Å²) in [5.41, 5.74) is 1.25. The van der Waals surface area contributed by atoms with Crippen LogP contribution in [0.3, 0.4) is 0 Å². The average Bonchev–Trinajstić information content (AvgIpc) is 3.10. The van der Waals surface area contributed by atoms with E-state index in [4.69, 9.17) is 0 Å². The van der Waals surface area contributed by atoms with Gasteiger partial charge in [-0.2, -0.15) is 0 Å². The van der Waals surface area contributed by atoms with E-state index in [0.29, 0.717) is 0 Å². The highest BCUT2D eigenvalue weighted by molar-refractivity contribution is 5.37. The van der Waals surface area contributed by atoms with Gasteiger partial charge in [0.1, 0.15) is 11.6 Å². The lowest BCUT2D eigenvalue weighted by Crippen LogP contribution is -2.04. The van der Waals surface area contributed by atoms with Crippen LogP contribution in [0.1, 0.15) is 43.1 Å². The third kappa shape index (κ3) is 2.11. The predicted molar refractivity (Wildman–Crippen MR) is 60.0 cm³/mol. The molecule has 80 valence electrons.